The van der Waals surface area contributed by atoms with Crippen molar-refractivity contribution in [1.29, 1.82) is 0 Å². The Labute approximate surface area is 155 Å². The minimum atomic E-state index is -0.411. The summed E-state index contributed by atoms with van der Waals surface area (Å²) >= 11 is 7.41. The standard InChI is InChI=1S/C18H18ClN3O2S/c19-11-5-6-15-13(9-11)21-18(24)16(25-15)10-17(23)22-8-2-4-14(22)12-3-1-7-20-12/h1,3,5-7,9,14,16,20H,2,4,8,10H2,(H,21,24)/t14-,16+/m1/s1. The molecule has 0 saturated carbocycles. The van der Waals surface area contributed by atoms with Crippen LogP contribution in [0.4, 0.5) is 5.69 Å². The highest BCUT2D eigenvalue weighted by Crippen LogP contribution is 2.39. The number of rotatable bonds is 3. The predicted molar refractivity (Wildman–Crippen MR) is 98.8 cm³/mol. The topological polar surface area (TPSA) is 65.2 Å². The Kier molecular flexibility index (Phi) is 4.48. The molecule has 1 aromatic heterocycles. The second kappa shape index (κ2) is 6.77. The Bertz CT molecular complexity index is 809. The lowest BCUT2D eigenvalue weighted by Gasteiger charge is -2.28. The molecule has 2 aliphatic heterocycles. The molecular formula is C18H18ClN3O2S. The normalized spacial score (nSPS) is 22.6. The summed E-state index contributed by atoms with van der Waals surface area (Å²) in [6, 6.07) is 9.47. The van der Waals surface area contributed by atoms with Crippen LogP contribution < -0.4 is 5.32 Å². The third kappa shape index (κ3) is 3.28. The third-order valence-electron chi connectivity index (χ3n) is 4.68. The average molecular weight is 376 g/mol. The maximum absolute atomic E-state index is 12.8. The Morgan fingerprint density at radius 3 is 3.04 bits per heavy atom. The van der Waals surface area contributed by atoms with E-state index in [-0.39, 0.29) is 24.3 Å². The van der Waals surface area contributed by atoms with Gasteiger partial charge in [0.05, 0.1) is 17.0 Å². The van der Waals surface area contributed by atoms with Crippen LogP contribution in [0.15, 0.2) is 41.4 Å². The minimum Gasteiger partial charge on any atom is -0.363 e. The van der Waals surface area contributed by atoms with Gasteiger partial charge >= 0.3 is 0 Å². The molecule has 0 aliphatic carbocycles. The molecule has 2 amide bonds. The zero-order valence-corrected chi connectivity index (χ0v) is 15.1. The highest BCUT2D eigenvalue weighted by molar-refractivity contribution is 8.01. The number of anilines is 1. The van der Waals surface area contributed by atoms with Crippen LogP contribution >= 0.6 is 23.4 Å². The maximum Gasteiger partial charge on any atom is 0.238 e. The maximum atomic E-state index is 12.8. The molecule has 25 heavy (non-hydrogen) atoms. The van der Waals surface area contributed by atoms with Gasteiger partial charge in [-0.2, -0.15) is 0 Å². The molecule has 2 aliphatic rings. The van der Waals surface area contributed by atoms with Crippen LogP contribution in [0.1, 0.15) is 31.0 Å². The smallest absolute Gasteiger partial charge is 0.238 e. The van der Waals surface area contributed by atoms with E-state index in [0.717, 1.165) is 35.7 Å². The predicted octanol–water partition coefficient (Wildman–Crippen LogP) is 3.83. The molecule has 3 heterocycles. The van der Waals surface area contributed by atoms with Gasteiger partial charge in [-0.05, 0) is 43.2 Å². The fraction of sp³-hybridized carbons (Fsp3) is 0.333. The molecule has 0 unspecified atom stereocenters. The molecule has 1 saturated heterocycles. The average Bonchev–Trinajstić information content (AvgIpc) is 3.26. The van der Waals surface area contributed by atoms with Crippen LogP contribution in [0, 0.1) is 0 Å². The molecule has 2 N–H and O–H groups in total. The lowest BCUT2D eigenvalue weighted by Crippen LogP contribution is -2.37. The summed E-state index contributed by atoms with van der Waals surface area (Å²) in [4.78, 5) is 31.3. The van der Waals surface area contributed by atoms with Crippen molar-refractivity contribution in [2.24, 2.45) is 0 Å². The second-order valence-corrected chi connectivity index (χ2v) is 7.99. The number of carbonyl (C=O) groups excluding carboxylic acids is 2. The number of thioether (sulfide) groups is 1. The van der Waals surface area contributed by atoms with Crippen LogP contribution in [0.2, 0.25) is 5.02 Å². The number of carbonyl (C=O) groups is 2. The summed E-state index contributed by atoms with van der Waals surface area (Å²) in [7, 11) is 0. The summed E-state index contributed by atoms with van der Waals surface area (Å²) < 4.78 is 0. The van der Waals surface area contributed by atoms with E-state index in [9.17, 15) is 9.59 Å². The summed E-state index contributed by atoms with van der Waals surface area (Å²) in [5, 5.41) is 3.04. The van der Waals surface area contributed by atoms with E-state index in [0.29, 0.717) is 5.02 Å². The van der Waals surface area contributed by atoms with E-state index in [4.69, 9.17) is 11.6 Å². The fourth-order valence-corrected chi connectivity index (χ4v) is 4.73. The molecule has 0 radical (unpaired) electrons. The first-order chi connectivity index (χ1) is 12.1. The summed E-state index contributed by atoms with van der Waals surface area (Å²) in [6.07, 6.45) is 4.02. The van der Waals surface area contributed by atoms with Crippen LogP contribution in [0.5, 0.6) is 0 Å². The third-order valence-corrected chi connectivity index (χ3v) is 6.19. The van der Waals surface area contributed by atoms with Crippen LogP contribution in [0.25, 0.3) is 0 Å². The van der Waals surface area contributed by atoms with Crippen molar-refractivity contribution in [3.63, 3.8) is 0 Å². The minimum absolute atomic E-state index is 0.0298. The van der Waals surface area contributed by atoms with Crippen LogP contribution in [-0.2, 0) is 9.59 Å². The van der Waals surface area contributed by atoms with Gasteiger partial charge in [-0.15, -0.1) is 11.8 Å². The van der Waals surface area contributed by atoms with E-state index in [1.54, 1.807) is 12.1 Å². The number of aromatic nitrogens is 1. The molecule has 2 aromatic rings. The van der Waals surface area contributed by atoms with Gasteiger partial charge in [-0.3, -0.25) is 9.59 Å². The number of likely N-dealkylation sites (tertiary alicyclic amines) is 1. The van der Waals surface area contributed by atoms with Gasteiger partial charge in [0.25, 0.3) is 0 Å². The molecule has 1 aromatic carbocycles. The number of halogens is 1. The van der Waals surface area contributed by atoms with Gasteiger partial charge in [-0.25, -0.2) is 0 Å². The van der Waals surface area contributed by atoms with Crippen molar-refractivity contribution < 1.29 is 9.59 Å². The summed E-state index contributed by atoms with van der Waals surface area (Å²) in [6.45, 7) is 0.744. The van der Waals surface area contributed by atoms with E-state index >= 15 is 0 Å². The van der Waals surface area contributed by atoms with E-state index in [1.807, 2.05) is 29.3 Å². The Morgan fingerprint density at radius 1 is 1.36 bits per heavy atom. The highest BCUT2D eigenvalue weighted by Gasteiger charge is 2.35. The van der Waals surface area contributed by atoms with Gasteiger partial charge in [0.1, 0.15) is 0 Å². The van der Waals surface area contributed by atoms with Crippen molar-refractivity contribution in [3.8, 4) is 0 Å². The van der Waals surface area contributed by atoms with Crippen molar-refractivity contribution in [2.75, 3.05) is 11.9 Å². The zero-order valence-electron chi connectivity index (χ0n) is 13.5. The number of amides is 2. The number of aromatic amines is 1. The fourth-order valence-electron chi connectivity index (χ4n) is 3.47. The molecular weight excluding hydrogens is 358 g/mol. The van der Waals surface area contributed by atoms with Gasteiger partial charge in [0.15, 0.2) is 0 Å². The number of hydrogen-bond donors (Lipinski definition) is 2. The first-order valence-electron chi connectivity index (χ1n) is 8.31. The van der Waals surface area contributed by atoms with Gasteiger partial charge in [0.2, 0.25) is 11.8 Å². The van der Waals surface area contributed by atoms with Gasteiger partial charge in [0, 0.05) is 34.8 Å². The Balaban J connectivity index is 1.47. The number of benzene rings is 1. The number of nitrogens with zero attached hydrogens (tertiary/aromatic N) is 1. The molecule has 2 atom stereocenters. The Hall–Kier alpha value is -1.92. The van der Waals surface area contributed by atoms with E-state index in [1.165, 1.54) is 11.8 Å². The van der Waals surface area contributed by atoms with Crippen LogP contribution in [0.3, 0.4) is 0 Å². The molecule has 5 nitrogen and oxygen atoms in total. The lowest BCUT2D eigenvalue weighted by molar-refractivity contribution is -0.133. The molecule has 130 valence electrons. The molecule has 4 rings (SSSR count). The van der Waals surface area contributed by atoms with Gasteiger partial charge < -0.3 is 15.2 Å². The lowest BCUT2D eigenvalue weighted by atomic mass is 10.1. The van der Waals surface area contributed by atoms with Crippen LogP contribution in [-0.4, -0.2) is 33.5 Å². The number of hydrogen-bond acceptors (Lipinski definition) is 3. The summed E-state index contributed by atoms with van der Waals surface area (Å²) in [5.41, 5.74) is 1.78. The first-order valence-corrected chi connectivity index (χ1v) is 9.57. The van der Waals surface area contributed by atoms with Gasteiger partial charge in [-0.1, -0.05) is 11.6 Å². The summed E-state index contributed by atoms with van der Waals surface area (Å²) in [5.74, 6) is -0.106. The second-order valence-electron chi connectivity index (χ2n) is 6.31. The quantitative estimate of drug-likeness (QED) is 0.856. The molecule has 0 bridgehead atoms. The highest BCUT2D eigenvalue weighted by atomic mass is 35.5. The van der Waals surface area contributed by atoms with Crippen molar-refractivity contribution in [2.45, 2.75) is 35.4 Å². The van der Waals surface area contributed by atoms with E-state index < -0.39 is 5.25 Å². The molecule has 7 heteroatoms. The molecule has 0 spiro atoms. The SMILES string of the molecule is O=C1Nc2cc(Cl)ccc2S[C@H]1CC(=O)N1CCC[C@@H]1c1ccc[nH]1. The monoisotopic (exact) mass is 375 g/mol. The van der Waals surface area contributed by atoms with Crippen molar-refractivity contribution >= 4 is 40.9 Å². The first kappa shape index (κ1) is 16.5. The van der Waals surface area contributed by atoms with Crippen molar-refractivity contribution in [3.05, 3.63) is 47.2 Å². The largest absolute Gasteiger partial charge is 0.363 e. The number of H-pyrrole nitrogens is 1. The zero-order chi connectivity index (χ0) is 17.4. The molecule has 1 fully saturated rings. The Morgan fingerprint density at radius 2 is 2.24 bits per heavy atom. The number of nitrogens with one attached hydrogen (secondary N) is 2. The van der Waals surface area contributed by atoms with E-state index in [2.05, 4.69) is 10.3 Å². The van der Waals surface area contributed by atoms with Crippen molar-refractivity contribution in [1.82, 2.24) is 9.88 Å². The number of fused-ring (bicyclic) bond motifs is 1.